The Hall–Kier alpha value is -2.50. The Kier molecular flexibility index (Phi) is 3.48. The van der Waals surface area contributed by atoms with Crippen LogP contribution in [0.3, 0.4) is 0 Å². The van der Waals surface area contributed by atoms with Crippen LogP contribution in [0, 0.1) is 0 Å². The highest BCUT2D eigenvalue weighted by atomic mass is 16.3. The second-order valence-corrected chi connectivity index (χ2v) is 7.68. The number of furan rings is 1. The average molecular weight is 351 g/mol. The number of fused-ring (bicyclic) bond motifs is 3. The van der Waals surface area contributed by atoms with Gasteiger partial charge in [0.15, 0.2) is 5.58 Å². The van der Waals surface area contributed by atoms with Crippen LogP contribution in [0.1, 0.15) is 56.3 Å². The Balaban J connectivity index is 1.70. The number of para-hydroxylation sites is 1. The van der Waals surface area contributed by atoms with Crippen molar-refractivity contribution in [1.29, 1.82) is 0 Å². The van der Waals surface area contributed by atoms with E-state index in [0.717, 1.165) is 55.6 Å². The predicted molar refractivity (Wildman–Crippen MR) is 104 cm³/mol. The lowest BCUT2D eigenvalue weighted by molar-refractivity contribution is 0.305. The molecule has 5 rings (SSSR count). The van der Waals surface area contributed by atoms with Gasteiger partial charge in [0.25, 0.3) is 0 Å². The fourth-order valence-electron chi connectivity index (χ4n) is 4.91. The molecule has 1 aromatic heterocycles. The molecule has 1 saturated carbocycles. The number of benzene rings is 1. The first-order valence-corrected chi connectivity index (χ1v) is 9.71. The highest BCUT2D eigenvalue weighted by Gasteiger charge is 2.43. The average Bonchev–Trinajstić information content (AvgIpc) is 3.01. The van der Waals surface area contributed by atoms with Gasteiger partial charge in [-0.15, -0.1) is 0 Å². The molecular weight excluding hydrogens is 326 g/mol. The van der Waals surface area contributed by atoms with E-state index in [0.29, 0.717) is 5.96 Å². The Bertz CT molecular complexity index is 920. The van der Waals surface area contributed by atoms with E-state index in [-0.39, 0.29) is 5.96 Å². The van der Waals surface area contributed by atoms with E-state index in [9.17, 15) is 0 Å². The first-order valence-electron chi connectivity index (χ1n) is 9.71. The zero-order valence-corrected chi connectivity index (χ0v) is 15.0. The van der Waals surface area contributed by atoms with Gasteiger partial charge in [-0.2, -0.15) is 4.99 Å². The summed E-state index contributed by atoms with van der Waals surface area (Å²) >= 11 is 0. The summed E-state index contributed by atoms with van der Waals surface area (Å²) in [5.41, 5.74) is 15.2. The van der Waals surface area contributed by atoms with Crippen LogP contribution in [-0.2, 0) is 12.8 Å². The zero-order valence-electron chi connectivity index (χ0n) is 15.0. The molecule has 26 heavy (non-hydrogen) atoms. The normalized spacial score (nSPS) is 22.2. The third-order valence-electron chi connectivity index (χ3n) is 6.05. The summed E-state index contributed by atoms with van der Waals surface area (Å²) in [6.45, 7) is 0. The summed E-state index contributed by atoms with van der Waals surface area (Å²) in [5.74, 6) is 1.83. The van der Waals surface area contributed by atoms with E-state index in [1.807, 2.05) is 0 Å². The number of aliphatic imine (C=N–C) groups is 2. The van der Waals surface area contributed by atoms with Crippen LogP contribution in [0.2, 0.25) is 0 Å². The van der Waals surface area contributed by atoms with Gasteiger partial charge in [-0.25, -0.2) is 4.99 Å². The Labute approximate surface area is 152 Å². The van der Waals surface area contributed by atoms with Crippen LogP contribution in [-0.4, -0.2) is 17.6 Å². The molecule has 1 aromatic carbocycles. The smallest absolute Gasteiger partial charge is 0.220 e. The highest BCUT2D eigenvalue weighted by molar-refractivity contribution is 6.09. The van der Waals surface area contributed by atoms with Crippen molar-refractivity contribution in [3.8, 4) is 0 Å². The molecule has 2 aromatic rings. The maximum absolute atomic E-state index is 6.39. The number of anilines is 1. The number of hydrogen-bond donors (Lipinski definition) is 2. The summed E-state index contributed by atoms with van der Waals surface area (Å²) < 4.78 is 6.35. The molecule has 0 atom stereocenters. The van der Waals surface area contributed by atoms with E-state index in [4.69, 9.17) is 20.9 Å². The standard InChI is InChI=1S/C20H25N5O/c21-18-23-19(22)25(20(24-18)11-4-1-5-12-20)15-9-6-8-14-13-7-2-3-10-16(13)26-17(14)15/h6,8-9H,1-5,7,10-12H2,(H4,21,22,23,24). The number of rotatable bonds is 1. The van der Waals surface area contributed by atoms with Crippen LogP contribution in [0.4, 0.5) is 5.69 Å². The van der Waals surface area contributed by atoms with Crippen molar-refractivity contribution >= 4 is 28.6 Å². The minimum atomic E-state index is -0.435. The van der Waals surface area contributed by atoms with Gasteiger partial charge in [-0.05, 0) is 51.0 Å². The minimum Gasteiger partial charge on any atom is -0.459 e. The van der Waals surface area contributed by atoms with Crippen molar-refractivity contribution in [3.05, 3.63) is 29.5 Å². The van der Waals surface area contributed by atoms with E-state index in [2.05, 4.69) is 28.1 Å². The van der Waals surface area contributed by atoms with E-state index < -0.39 is 5.66 Å². The molecule has 1 spiro atoms. The van der Waals surface area contributed by atoms with Crippen molar-refractivity contribution in [3.63, 3.8) is 0 Å². The lowest BCUT2D eigenvalue weighted by Crippen LogP contribution is -2.58. The zero-order chi connectivity index (χ0) is 17.7. The van der Waals surface area contributed by atoms with Crippen molar-refractivity contribution in [1.82, 2.24) is 0 Å². The molecule has 2 heterocycles. The van der Waals surface area contributed by atoms with Crippen LogP contribution in [0.5, 0.6) is 0 Å². The van der Waals surface area contributed by atoms with Crippen LogP contribution in [0.15, 0.2) is 32.6 Å². The molecule has 1 fully saturated rings. The Morgan fingerprint density at radius 3 is 2.65 bits per heavy atom. The van der Waals surface area contributed by atoms with Crippen molar-refractivity contribution in [2.24, 2.45) is 21.5 Å². The monoisotopic (exact) mass is 351 g/mol. The summed E-state index contributed by atoms with van der Waals surface area (Å²) in [6, 6.07) is 6.33. The second kappa shape index (κ2) is 5.76. The summed E-state index contributed by atoms with van der Waals surface area (Å²) in [4.78, 5) is 11.1. The topological polar surface area (TPSA) is 93.1 Å². The van der Waals surface area contributed by atoms with Gasteiger partial charge in [-0.1, -0.05) is 18.6 Å². The lowest BCUT2D eigenvalue weighted by atomic mass is 9.87. The van der Waals surface area contributed by atoms with E-state index in [1.54, 1.807) is 0 Å². The van der Waals surface area contributed by atoms with Gasteiger partial charge in [0.05, 0.1) is 5.69 Å². The Morgan fingerprint density at radius 2 is 1.81 bits per heavy atom. The number of guanidine groups is 2. The molecule has 0 bridgehead atoms. The highest BCUT2D eigenvalue weighted by Crippen LogP contribution is 2.43. The largest absolute Gasteiger partial charge is 0.459 e. The summed E-state index contributed by atoms with van der Waals surface area (Å²) in [7, 11) is 0. The number of nitrogens with zero attached hydrogens (tertiary/aromatic N) is 3. The summed E-state index contributed by atoms with van der Waals surface area (Å²) in [5, 5.41) is 1.21. The van der Waals surface area contributed by atoms with Crippen molar-refractivity contribution in [2.45, 2.75) is 63.5 Å². The molecule has 0 radical (unpaired) electrons. The second-order valence-electron chi connectivity index (χ2n) is 7.68. The minimum absolute atomic E-state index is 0.284. The number of hydrogen-bond acceptors (Lipinski definition) is 6. The van der Waals surface area contributed by atoms with E-state index in [1.165, 1.54) is 30.2 Å². The SMILES string of the molecule is NC1=NC2(CCCCC2)N(c2cccc3c4c(oc23)CCCC4)C(N)=N1. The molecular formula is C20H25N5O. The first kappa shape index (κ1) is 15.7. The van der Waals surface area contributed by atoms with Crippen molar-refractivity contribution < 1.29 is 4.42 Å². The lowest BCUT2D eigenvalue weighted by Gasteiger charge is -2.45. The van der Waals surface area contributed by atoms with Crippen LogP contribution >= 0.6 is 0 Å². The molecule has 0 unspecified atom stereocenters. The molecule has 6 nitrogen and oxygen atoms in total. The van der Waals surface area contributed by atoms with E-state index >= 15 is 0 Å². The number of nitrogens with two attached hydrogens (primary N) is 2. The van der Waals surface area contributed by atoms with Gasteiger partial charge in [0.2, 0.25) is 11.9 Å². The third kappa shape index (κ3) is 2.24. The molecule has 0 amide bonds. The molecule has 136 valence electrons. The number of aryl methyl sites for hydroxylation is 2. The third-order valence-corrected chi connectivity index (χ3v) is 6.05. The maximum atomic E-state index is 6.39. The fourth-order valence-corrected chi connectivity index (χ4v) is 4.91. The van der Waals surface area contributed by atoms with Gasteiger partial charge in [0.1, 0.15) is 11.4 Å². The van der Waals surface area contributed by atoms with Gasteiger partial charge < -0.3 is 15.9 Å². The first-order chi connectivity index (χ1) is 12.7. The molecule has 1 aliphatic heterocycles. The molecule has 4 N–H and O–H groups in total. The summed E-state index contributed by atoms with van der Waals surface area (Å²) in [6.07, 6.45) is 9.85. The molecule has 3 aliphatic rings. The van der Waals surface area contributed by atoms with Crippen molar-refractivity contribution in [2.75, 3.05) is 4.90 Å². The fraction of sp³-hybridized carbons (Fsp3) is 0.500. The molecule has 0 saturated heterocycles. The Morgan fingerprint density at radius 1 is 1.00 bits per heavy atom. The van der Waals surface area contributed by atoms with Gasteiger partial charge in [-0.3, -0.25) is 4.90 Å². The molecule has 6 heteroatoms. The molecule has 2 aliphatic carbocycles. The van der Waals surface area contributed by atoms with Gasteiger partial charge in [0, 0.05) is 17.4 Å². The van der Waals surface area contributed by atoms with Gasteiger partial charge >= 0.3 is 0 Å². The maximum Gasteiger partial charge on any atom is 0.220 e. The quantitative estimate of drug-likeness (QED) is 0.823. The van der Waals surface area contributed by atoms with Crippen LogP contribution in [0.25, 0.3) is 11.0 Å². The van der Waals surface area contributed by atoms with Crippen LogP contribution < -0.4 is 16.4 Å². The predicted octanol–water partition coefficient (Wildman–Crippen LogP) is 3.42.